The summed E-state index contributed by atoms with van der Waals surface area (Å²) in [5.41, 5.74) is 0.335. The van der Waals surface area contributed by atoms with Crippen LogP contribution in [0.2, 0.25) is 0 Å². The Balaban J connectivity index is 1.78. The van der Waals surface area contributed by atoms with Crippen molar-refractivity contribution >= 4 is 15.9 Å². The Bertz CT molecular complexity index is 1370. The molecule has 4 N–H and O–H groups in total. The summed E-state index contributed by atoms with van der Waals surface area (Å²) in [6, 6.07) is 15.2. The Hall–Kier alpha value is -3.78. The summed E-state index contributed by atoms with van der Waals surface area (Å²) in [6.07, 6.45) is 0.948. The number of rotatable bonds is 12. The van der Waals surface area contributed by atoms with Crippen molar-refractivity contribution in [3.8, 4) is 11.5 Å². The van der Waals surface area contributed by atoms with Crippen molar-refractivity contribution in [2.75, 3.05) is 13.1 Å². The number of benzene rings is 2. The first-order valence-corrected chi connectivity index (χ1v) is 12.5. The van der Waals surface area contributed by atoms with Crippen LogP contribution in [0.15, 0.2) is 81.3 Å². The predicted molar refractivity (Wildman–Crippen MR) is 130 cm³/mol. The molecule has 3 aromatic rings. The molecule has 0 bridgehead atoms. The average molecular weight is 518 g/mol. The molecule has 3 rings (SSSR count). The van der Waals surface area contributed by atoms with Gasteiger partial charge in [0.25, 0.3) is 5.56 Å². The van der Waals surface area contributed by atoms with E-state index in [1.54, 1.807) is 19.1 Å². The quantitative estimate of drug-likeness (QED) is 0.203. The molecule has 0 saturated heterocycles. The van der Waals surface area contributed by atoms with Gasteiger partial charge in [0.1, 0.15) is 11.5 Å². The van der Waals surface area contributed by atoms with Crippen LogP contribution in [0, 0.1) is 0 Å². The Kier molecular flexibility index (Phi) is 9.13. The van der Waals surface area contributed by atoms with Crippen LogP contribution < -0.4 is 26.8 Å². The van der Waals surface area contributed by atoms with Gasteiger partial charge in [0, 0.05) is 37.8 Å². The van der Waals surface area contributed by atoms with Gasteiger partial charge in [-0.05, 0) is 36.4 Å². The van der Waals surface area contributed by atoms with E-state index in [1.165, 1.54) is 46.6 Å². The number of sulfonamides is 1. The van der Waals surface area contributed by atoms with Crippen molar-refractivity contribution < 1.29 is 23.2 Å². The summed E-state index contributed by atoms with van der Waals surface area (Å²) >= 11 is 0. The van der Waals surface area contributed by atoms with Crippen LogP contribution in [-0.2, 0) is 21.5 Å². The van der Waals surface area contributed by atoms with E-state index in [9.17, 15) is 22.8 Å². The summed E-state index contributed by atoms with van der Waals surface area (Å²) in [5.74, 6) is 0.279. The van der Waals surface area contributed by atoms with Gasteiger partial charge in [-0.1, -0.05) is 25.1 Å². The highest BCUT2D eigenvalue weighted by Gasteiger charge is 2.31. The number of likely N-dealkylation sites (N-methyl/N-ethyl adjacent to an activating group) is 1. The number of hydrogen-bond donors (Lipinski definition) is 4. The number of hydrogen-bond acceptors (Lipinski definition) is 8. The molecule has 36 heavy (non-hydrogen) atoms. The third kappa shape index (κ3) is 6.88. The molecule has 0 aliphatic rings. The van der Waals surface area contributed by atoms with Gasteiger partial charge in [0.05, 0.1) is 11.6 Å². The standard InChI is InChI=1S/C23H27N5O7S/c1-2-28(17(14-22(30)26-32)15-24-16-27-13-12-21(29)25-23(27)31)36(33,34)20-10-8-19(9-11-20)35-18-6-4-3-5-7-18/h3-13,17,24,32H,2,14-16H2,1H3,(H,26,30)(H,25,29,31). The smallest absolute Gasteiger partial charge is 0.329 e. The Labute approximate surface area is 207 Å². The minimum atomic E-state index is -4.04. The number of aromatic amines is 1. The zero-order chi connectivity index (χ0) is 26.1. The van der Waals surface area contributed by atoms with Crippen LogP contribution in [0.1, 0.15) is 13.3 Å². The lowest BCUT2D eigenvalue weighted by molar-refractivity contribution is -0.130. The highest BCUT2D eigenvalue weighted by molar-refractivity contribution is 7.89. The minimum absolute atomic E-state index is 0.00368. The summed E-state index contributed by atoms with van der Waals surface area (Å²) in [4.78, 5) is 37.1. The summed E-state index contributed by atoms with van der Waals surface area (Å²) in [6.45, 7) is 1.59. The van der Waals surface area contributed by atoms with Crippen LogP contribution in [0.4, 0.5) is 0 Å². The van der Waals surface area contributed by atoms with Gasteiger partial charge in [0.15, 0.2) is 0 Å². The van der Waals surface area contributed by atoms with E-state index in [-0.39, 0.29) is 31.1 Å². The van der Waals surface area contributed by atoms with Gasteiger partial charge in [-0.25, -0.2) is 18.7 Å². The van der Waals surface area contributed by atoms with Gasteiger partial charge in [0.2, 0.25) is 15.9 Å². The summed E-state index contributed by atoms with van der Waals surface area (Å²) in [7, 11) is -4.04. The minimum Gasteiger partial charge on any atom is -0.457 e. The molecule has 0 aliphatic heterocycles. The van der Waals surface area contributed by atoms with Crippen LogP contribution in [0.25, 0.3) is 0 Å². The van der Waals surface area contributed by atoms with Crippen molar-refractivity contribution in [1.29, 1.82) is 0 Å². The summed E-state index contributed by atoms with van der Waals surface area (Å²) < 4.78 is 34.9. The Morgan fingerprint density at radius 3 is 2.36 bits per heavy atom. The molecular weight excluding hydrogens is 490 g/mol. The number of H-pyrrole nitrogens is 1. The second-order valence-corrected chi connectivity index (χ2v) is 9.57. The van der Waals surface area contributed by atoms with Crippen molar-refractivity contribution in [3.63, 3.8) is 0 Å². The van der Waals surface area contributed by atoms with Crippen LogP contribution >= 0.6 is 0 Å². The molecule has 0 fully saturated rings. The number of nitrogens with zero attached hydrogens (tertiary/aromatic N) is 2. The molecule has 1 heterocycles. The molecule has 1 amide bonds. The van der Waals surface area contributed by atoms with Crippen molar-refractivity contribution in [2.45, 2.75) is 31.0 Å². The molecule has 12 nitrogen and oxygen atoms in total. The molecule has 1 atom stereocenters. The first kappa shape index (κ1) is 26.8. The van der Waals surface area contributed by atoms with Crippen LogP contribution in [-0.4, -0.2) is 52.5 Å². The number of hydroxylamine groups is 1. The number of ether oxygens (including phenoxy) is 1. The lowest BCUT2D eigenvalue weighted by Crippen LogP contribution is -2.48. The second-order valence-electron chi connectivity index (χ2n) is 7.68. The van der Waals surface area contributed by atoms with Gasteiger partial charge in [-0.15, -0.1) is 0 Å². The third-order valence-corrected chi connectivity index (χ3v) is 7.27. The van der Waals surface area contributed by atoms with Crippen LogP contribution in [0.3, 0.4) is 0 Å². The molecule has 0 saturated carbocycles. The number of para-hydroxylation sites is 1. The molecule has 0 radical (unpaired) electrons. The fourth-order valence-electron chi connectivity index (χ4n) is 3.52. The van der Waals surface area contributed by atoms with Gasteiger partial charge in [-0.3, -0.25) is 29.7 Å². The van der Waals surface area contributed by atoms with Crippen molar-refractivity contribution in [3.05, 3.63) is 87.7 Å². The Morgan fingerprint density at radius 1 is 1.08 bits per heavy atom. The maximum absolute atomic E-state index is 13.4. The molecule has 1 aromatic heterocycles. The zero-order valence-corrected chi connectivity index (χ0v) is 20.3. The van der Waals surface area contributed by atoms with Crippen LogP contribution in [0.5, 0.6) is 11.5 Å². The lowest BCUT2D eigenvalue weighted by Gasteiger charge is -2.30. The number of amides is 1. The van der Waals surface area contributed by atoms with Gasteiger partial charge in [-0.2, -0.15) is 4.31 Å². The number of carbonyl (C=O) groups excluding carboxylic acids is 1. The maximum Gasteiger partial charge on any atom is 0.329 e. The first-order valence-electron chi connectivity index (χ1n) is 11.0. The highest BCUT2D eigenvalue weighted by Crippen LogP contribution is 2.25. The van der Waals surface area contributed by atoms with E-state index in [1.807, 2.05) is 18.2 Å². The van der Waals surface area contributed by atoms with Crippen molar-refractivity contribution in [2.24, 2.45) is 0 Å². The van der Waals surface area contributed by atoms with Gasteiger partial charge < -0.3 is 4.74 Å². The summed E-state index contributed by atoms with van der Waals surface area (Å²) in [5, 5.41) is 11.9. The third-order valence-electron chi connectivity index (χ3n) is 5.23. The molecule has 0 spiro atoms. The molecular formula is C23H27N5O7S. The topological polar surface area (TPSA) is 163 Å². The second kappa shape index (κ2) is 12.3. The molecule has 13 heteroatoms. The molecule has 192 valence electrons. The SMILES string of the molecule is CCN(C(CNCn1ccc(=O)[nH]c1=O)CC(=O)NO)S(=O)(=O)c1ccc(Oc2ccccc2)cc1. The normalized spacial score (nSPS) is 12.3. The zero-order valence-electron chi connectivity index (χ0n) is 19.5. The van der Waals surface area contributed by atoms with E-state index in [2.05, 4.69) is 10.3 Å². The Morgan fingerprint density at radius 2 is 1.75 bits per heavy atom. The highest BCUT2D eigenvalue weighted by atomic mass is 32.2. The molecule has 2 aromatic carbocycles. The first-order chi connectivity index (χ1) is 17.2. The lowest BCUT2D eigenvalue weighted by atomic mass is 10.2. The average Bonchev–Trinajstić information content (AvgIpc) is 2.86. The fraction of sp³-hybridized carbons (Fsp3) is 0.261. The van der Waals surface area contributed by atoms with E-state index < -0.39 is 33.2 Å². The van der Waals surface area contributed by atoms with E-state index in [4.69, 9.17) is 9.94 Å². The monoisotopic (exact) mass is 517 g/mol. The largest absolute Gasteiger partial charge is 0.457 e. The predicted octanol–water partition coefficient (Wildman–Crippen LogP) is 0.851. The van der Waals surface area contributed by atoms with E-state index in [0.717, 1.165) is 4.31 Å². The fourth-order valence-corrected chi connectivity index (χ4v) is 5.15. The molecule has 0 aliphatic carbocycles. The number of carbonyl (C=O) groups is 1. The van der Waals surface area contributed by atoms with E-state index >= 15 is 0 Å². The van der Waals surface area contributed by atoms with E-state index in [0.29, 0.717) is 11.5 Å². The molecule has 1 unspecified atom stereocenters. The van der Waals surface area contributed by atoms with Crippen molar-refractivity contribution in [1.82, 2.24) is 24.7 Å². The maximum atomic E-state index is 13.4. The van der Waals surface area contributed by atoms with Gasteiger partial charge >= 0.3 is 5.69 Å². The number of aromatic nitrogens is 2. The number of nitrogens with one attached hydrogen (secondary N) is 3.